The molecule has 0 atom stereocenters. The van der Waals surface area contributed by atoms with Crippen LogP contribution >= 0.6 is 0 Å². The zero-order chi connectivity index (χ0) is 11.4. The summed E-state index contributed by atoms with van der Waals surface area (Å²) in [7, 11) is 1.91. The van der Waals surface area contributed by atoms with Gasteiger partial charge in [0.25, 0.3) is 0 Å². The molecule has 0 unspecified atom stereocenters. The predicted octanol–water partition coefficient (Wildman–Crippen LogP) is 4.00. The van der Waals surface area contributed by atoms with Crippen LogP contribution in [0.5, 0.6) is 0 Å². The Morgan fingerprint density at radius 3 is 1.44 bits per heavy atom. The fourth-order valence-electron chi connectivity index (χ4n) is 3.58. The SMILES string of the molecule is CO[Si](OC)(C1CCCCCC1)C1CCC1. The molecule has 0 spiro atoms. The first-order chi connectivity index (χ1) is 7.83. The minimum atomic E-state index is -1.89. The van der Waals surface area contributed by atoms with Gasteiger partial charge in [-0.05, 0) is 25.7 Å². The van der Waals surface area contributed by atoms with Gasteiger partial charge in [-0.15, -0.1) is 0 Å². The molecule has 0 amide bonds. The summed E-state index contributed by atoms with van der Waals surface area (Å²) < 4.78 is 12.0. The van der Waals surface area contributed by atoms with Crippen LogP contribution in [0.4, 0.5) is 0 Å². The first-order valence-corrected chi connectivity index (χ1v) is 8.91. The van der Waals surface area contributed by atoms with Gasteiger partial charge in [0.15, 0.2) is 0 Å². The molecule has 0 N–H and O–H groups in total. The first-order valence-electron chi connectivity index (χ1n) is 6.94. The Hall–Kier alpha value is 0.137. The molecular weight excluding hydrogens is 216 g/mol. The normalized spacial score (nSPS) is 25.1. The van der Waals surface area contributed by atoms with Crippen LogP contribution in [0.2, 0.25) is 11.1 Å². The molecule has 16 heavy (non-hydrogen) atoms. The first kappa shape index (κ1) is 12.6. The molecule has 0 bridgehead atoms. The summed E-state index contributed by atoms with van der Waals surface area (Å²) in [6.45, 7) is 0. The summed E-state index contributed by atoms with van der Waals surface area (Å²) >= 11 is 0. The van der Waals surface area contributed by atoms with Crippen molar-refractivity contribution in [2.24, 2.45) is 0 Å². The molecule has 0 aromatic rings. The maximum atomic E-state index is 6.00. The van der Waals surface area contributed by atoms with Crippen molar-refractivity contribution in [1.29, 1.82) is 0 Å². The van der Waals surface area contributed by atoms with E-state index in [9.17, 15) is 0 Å². The molecule has 94 valence electrons. The molecule has 2 saturated carbocycles. The topological polar surface area (TPSA) is 18.5 Å². The van der Waals surface area contributed by atoms with Gasteiger partial charge < -0.3 is 8.85 Å². The Bertz CT molecular complexity index is 204. The standard InChI is InChI=1S/C13H26O2Si/c1-14-16(15-2,13-10-7-11-13)12-8-5-3-4-6-9-12/h12-13H,3-11H2,1-2H3. The molecule has 2 aliphatic carbocycles. The van der Waals surface area contributed by atoms with Gasteiger partial charge in [-0.3, -0.25) is 0 Å². The summed E-state index contributed by atoms with van der Waals surface area (Å²) in [5.41, 5.74) is 1.54. The van der Waals surface area contributed by atoms with Crippen molar-refractivity contribution in [3.63, 3.8) is 0 Å². The van der Waals surface area contributed by atoms with Crippen molar-refractivity contribution in [2.45, 2.75) is 68.9 Å². The van der Waals surface area contributed by atoms with Gasteiger partial charge in [0.05, 0.1) is 0 Å². The molecule has 3 heteroatoms. The number of rotatable bonds is 4. The summed E-state index contributed by atoms with van der Waals surface area (Å²) in [4.78, 5) is 0. The van der Waals surface area contributed by atoms with Crippen LogP contribution in [0.25, 0.3) is 0 Å². The average Bonchev–Trinajstić information content (AvgIpc) is 2.52. The van der Waals surface area contributed by atoms with Gasteiger partial charge in [0.1, 0.15) is 0 Å². The zero-order valence-corrected chi connectivity index (χ0v) is 11.8. The minimum absolute atomic E-state index is 0.760. The van der Waals surface area contributed by atoms with Gasteiger partial charge in [-0.2, -0.15) is 0 Å². The van der Waals surface area contributed by atoms with Crippen molar-refractivity contribution in [2.75, 3.05) is 14.2 Å². The predicted molar refractivity (Wildman–Crippen MR) is 68.8 cm³/mol. The number of hydrogen-bond acceptors (Lipinski definition) is 2. The van der Waals surface area contributed by atoms with Crippen molar-refractivity contribution in [1.82, 2.24) is 0 Å². The van der Waals surface area contributed by atoms with Gasteiger partial charge >= 0.3 is 8.56 Å². The lowest BCUT2D eigenvalue weighted by Gasteiger charge is -2.44. The maximum absolute atomic E-state index is 6.00. The zero-order valence-electron chi connectivity index (χ0n) is 10.8. The lowest BCUT2D eigenvalue weighted by atomic mass is 10.00. The van der Waals surface area contributed by atoms with Gasteiger partial charge in [0.2, 0.25) is 0 Å². The van der Waals surface area contributed by atoms with Crippen LogP contribution < -0.4 is 0 Å². The fourth-order valence-corrected chi connectivity index (χ4v) is 8.17. The van der Waals surface area contributed by atoms with Crippen LogP contribution in [0.3, 0.4) is 0 Å². The molecule has 0 heterocycles. The highest BCUT2D eigenvalue weighted by molar-refractivity contribution is 6.70. The van der Waals surface area contributed by atoms with E-state index in [0.717, 1.165) is 11.1 Å². The molecule has 2 aliphatic rings. The molecule has 0 aromatic heterocycles. The quantitative estimate of drug-likeness (QED) is 0.548. The van der Waals surface area contributed by atoms with E-state index in [4.69, 9.17) is 8.85 Å². The van der Waals surface area contributed by atoms with Gasteiger partial charge in [-0.1, -0.05) is 32.1 Å². The van der Waals surface area contributed by atoms with Crippen LogP contribution in [0.1, 0.15) is 57.8 Å². The van der Waals surface area contributed by atoms with E-state index in [2.05, 4.69) is 0 Å². The van der Waals surface area contributed by atoms with Crippen molar-refractivity contribution in [3.05, 3.63) is 0 Å². The smallest absolute Gasteiger partial charge is 0.344 e. The second kappa shape index (κ2) is 5.65. The summed E-state index contributed by atoms with van der Waals surface area (Å²) in [5, 5.41) is 0. The molecule has 0 saturated heterocycles. The van der Waals surface area contributed by atoms with Crippen LogP contribution in [0.15, 0.2) is 0 Å². The van der Waals surface area contributed by atoms with E-state index in [1.165, 1.54) is 57.8 Å². The van der Waals surface area contributed by atoms with E-state index >= 15 is 0 Å². The fraction of sp³-hybridized carbons (Fsp3) is 1.00. The molecule has 0 radical (unpaired) electrons. The molecule has 2 nitrogen and oxygen atoms in total. The minimum Gasteiger partial charge on any atom is -0.397 e. The Kier molecular flexibility index (Phi) is 4.45. The van der Waals surface area contributed by atoms with E-state index in [1.807, 2.05) is 14.2 Å². The summed E-state index contributed by atoms with van der Waals surface area (Å²) in [5.74, 6) is 0. The second-order valence-corrected chi connectivity index (χ2v) is 9.34. The van der Waals surface area contributed by atoms with Crippen molar-refractivity contribution < 1.29 is 8.85 Å². The van der Waals surface area contributed by atoms with Gasteiger partial charge in [-0.25, -0.2) is 0 Å². The highest BCUT2D eigenvalue weighted by atomic mass is 28.4. The van der Waals surface area contributed by atoms with E-state index in [0.29, 0.717) is 0 Å². The Morgan fingerprint density at radius 1 is 0.688 bits per heavy atom. The molecule has 0 aliphatic heterocycles. The highest BCUT2D eigenvalue weighted by Gasteiger charge is 2.52. The third-order valence-electron chi connectivity index (χ3n) is 4.74. The maximum Gasteiger partial charge on any atom is 0.344 e. The lowest BCUT2D eigenvalue weighted by molar-refractivity contribution is 0.191. The molecule has 2 rings (SSSR count). The second-order valence-electron chi connectivity index (χ2n) is 5.45. The van der Waals surface area contributed by atoms with Crippen molar-refractivity contribution >= 4 is 8.56 Å². The lowest BCUT2D eigenvalue weighted by Crippen LogP contribution is -2.51. The van der Waals surface area contributed by atoms with Crippen LogP contribution in [0, 0.1) is 0 Å². The number of hydrogen-bond donors (Lipinski definition) is 0. The monoisotopic (exact) mass is 242 g/mol. The summed E-state index contributed by atoms with van der Waals surface area (Å²) in [6, 6.07) is 0. The van der Waals surface area contributed by atoms with E-state index in [1.54, 1.807) is 0 Å². The Morgan fingerprint density at radius 2 is 1.12 bits per heavy atom. The highest BCUT2D eigenvalue weighted by Crippen LogP contribution is 2.50. The Balaban J connectivity index is 2.08. The van der Waals surface area contributed by atoms with Crippen molar-refractivity contribution in [3.8, 4) is 0 Å². The third-order valence-corrected chi connectivity index (χ3v) is 9.44. The van der Waals surface area contributed by atoms with Crippen LogP contribution in [-0.4, -0.2) is 22.8 Å². The Labute approximate surface area is 101 Å². The molecule has 2 fully saturated rings. The molecule has 0 aromatic carbocycles. The van der Waals surface area contributed by atoms with Gasteiger partial charge in [0, 0.05) is 25.3 Å². The molecular formula is C13H26O2Si. The summed E-state index contributed by atoms with van der Waals surface area (Å²) in [6.07, 6.45) is 12.4. The van der Waals surface area contributed by atoms with Crippen LogP contribution in [-0.2, 0) is 8.85 Å². The largest absolute Gasteiger partial charge is 0.397 e. The average molecular weight is 242 g/mol. The van der Waals surface area contributed by atoms with E-state index in [-0.39, 0.29) is 0 Å². The van der Waals surface area contributed by atoms with E-state index < -0.39 is 8.56 Å². The third kappa shape index (κ3) is 2.22.